The van der Waals surface area contributed by atoms with E-state index in [0.29, 0.717) is 11.3 Å². The summed E-state index contributed by atoms with van der Waals surface area (Å²) in [4.78, 5) is 25.5. The van der Waals surface area contributed by atoms with Crippen molar-refractivity contribution in [3.05, 3.63) is 35.9 Å². The summed E-state index contributed by atoms with van der Waals surface area (Å²) in [6.07, 6.45) is 1.68. The number of benzene rings is 1. The number of hydrogen-bond donors (Lipinski definition) is 2. The number of rotatable bonds is 5. The minimum Gasteiger partial charge on any atom is -0.480 e. The molecule has 21 heavy (non-hydrogen) atoms. The Kier molecular flexibility index (Phi) is 5.25. The van der Waals surface area contributed by atoms with Crippen LogP contribution in [0.5, 0.6) is 0 Å². The molecule has 0 radical (unpaired) electrons. The summed E-state index contributed by atoms with van der Waals surface area (Å²) in [7, 11) is 0. The van der Waals surface area contributed by atoms with E-state index in [-0.39, 0.29) is 11.3 Å². The first-order valence-electron chi connectivity index (χ1n) is 7.03. The van der Waals surface area contributed by atoms with Crippen LogP contribution in [0, 0.1) is 0 Å². The van der Waals surface area contributed by atoms with Crippen molar-refractivity contribution in [1.29, 1.82) is 0 Å². The molecular formula is C15H20N2O3S. The molecule has 6 heteroatoms. The van der Waals surface area contributed by atoms with Crippen molar-refractivity contribution in [2.45, 2.75) is 37.2 Å². The van der Waals surface area contributed by atoms with Crippen molar-refractivity contribution in [3.63, 3.8) is 0 Å². The van der Waals surface area contributed by atoms with Crippen LogP contribution < -0.4 is 5.73 Å². The lowest BCUT2D eigenvalue weighted by atomic mass is 10.1. The minimum atomic E-state index is -0.963. The number of nitrogens with two attached hydrogens (primary N) is 1. The van der Waals surface area contributed by atoms with Crippen molar-refractivity contribution in [3.8, 4) is 0 Å². The molecule has 0 spiro atoms. The maximum absolute atomic E-state index is 12.7. The van der Waals surface area contributed by atoms with Gasteiger partial charge in [-0.1, -0.05) is 43.7 Å². The normalized spacial score (nSPS) is 23.0. The molecule has 0 bridgehead atoms. The van der Waals surface area contributed by atoms with Crippen LogP contribution in [0.3, 0.4) is 0 Å². The molecule has 1 amide bonds. The van der Waals surface area contributed by atoms with E-state index in [2.05, 4.69) is 0 Å². The monoisotopic (exact) mass is 308 g/mol. The number of carboxylic acid groups (broad SMARTS) is 1. The molecule has 1 heterocycles. The van der Waals surface area contributed by atoms with Crippen LogP contribution in [0.15, 0.2) is 30.3 Å². The van der Waals surface area contributed by atoms with E-state index in [1.807, 2.05) is 25.1 Å². The van der Waals surface area contributed by atoms with Crippen LogP contribution in [0.4, 0.5) is 0 Å². The van der Waals surface area contributed by atoms with E-state index in [4.69, 9.17) is 5.73 Å². The van der Waals surface area contributed by atoms with Crippen LogP contribution in [0.1, 0.15) is 31.4 Å². The van der Waals surface area contributed by atoms with E-state index in [1.165, 1.54) is 16.7 Å². The predicted octanol–water partition coefficient (Wildman–Crippen LogP) is 1.84. The highest BCUT2D eigenvalue weighted by molar-refractivity contribution is 8.00. The van der Waals surface area contributed by atoms with Gasteiger partial charge in [-0.2, -0.15) is 0 Å². The third kappa shape index (κ3) is 3.39. The van der Waals surface area contributed by atoms with Crippen molar-refractivity contribution in [2.75, 3.05) is 5.75 Å². The van der Waals surface area contributed by atoms with Gasteiger partial charge in [0, 0.05) is 5.75 Å². The minimum absolute atomic E-state index is 0.0987. The van der Waals surface area contributed by atoms with Gasteiger partial charge in [0.05, 0.1) is 5.37 Å². The molecule has 0 aliphatic carbocycles. The summed E-state index contributed by atoms with van der Waals surface area (Å²) in [5.41, 5.74) is 6.75. The van der Waals surface area contributed by atoms with Crippen molar-refractivity contribution < 1.29 is 14.7 Å². The fraction of sp³-hybridized carbons (Fsp3) is 0.467. The van der Waals surface area contributed by atoms with Gasteiger partial charge in [-0.25, -0.2) is 4.79 Å². The SMILES string of the molecule is CCCC1SCC(C(=O)O)N1C(=O)C(N)c1ccccc1. The molecule has 0 aromatic heterocycles. The summed E-state index contributed by atoms with van der Waals surface area (Å²) >= 11 is 1.52. The van der Waals surface area contributed by atoms with Gasteiger partial charge in [-0.15, -0.1) is 11.8 Å². The molecule has 0 saturated carbocycles. The van der Waals surface area contributed by atoms with Gasteiger partial charge in [-0.05, 0) is 12.0 Å². The molecule has 3 atom stereocenters. The lowest BCUT2D eigenvalue weighted by molar-refractivity contribution is -0.149. The predicted molar refractivity (Wildman–Crippen MR) is 82.8 cm³/mol. The largest absolute Gasteiger partial charge is 0.480 e. The van der Waals surface area contributed by atoms with Crippen LogP contribution in [0.25, 0.3) is 0 Å². The quantitative estimate of drug-likeness (QED) is 0.867. The molecule has 3 unspecified atom stereocenters. The maximum atomic E-state index is 12.7. The number of thioether (sulfide) groups is 1. The molecule has 5 nitrogen and oxygen atoms in total. The summed E-state index contributed by atoms with van der Waals surface area (Å²) in [5, 5.41) is 9.22. The van der Waals surface area contributed by atoms with Gasteiger partial charge in [-0.3, -0.25) is 4.79 Å². The van der Waals surface area contributed by atoms with E-state index >= 15 is 0 Å². The lowest BCUT2D eigenvalue weighted by Gasteiger charge is -2.29. The van der Waals surface area contributed by atoms with Crippen molar-refractivity contribution in [1.82, 2.24) is 4.90 Å². The Morgan fingerprint density at radius 1 is 1.43 bits per heavy atom. The zero-order valence-corrected chi connectivity index (χ0v) is 12.8. The summed E-state index contributed by atoms with van der Waals surface area (Å²) in [6, 6.07) is 7.47. The number of hydrogen-bond acceptors (Lipinski definition) is 4. The number of aliphatic carboxylic acids is 1. The number of carbonyl (C=O) groups excluding carboxylic acids is 1. The highest BCUT2D eigenvalue weighted by Gasteiger charge is 2.42. The lowest BCUT2D eigenvalue weighted by Crippen LogP contribution is -2.49. The smallest absolute Gasteiger partial charge is 0.327 e. The Labute approximate surface area is 128 Å². The van der Waals surface area contributed by atoms with E-state index in [1.54, 1.807) is 12.1 Å². The Hall–Kier alpha value is -1.53. The third-order valence-electron chi connectivity index (χ3n) is 3.59. The standard InChI is InChI=1S/C15H20N2O3S/c1-2-6-12-17(11(9-21-12)15(19)20)14(18)13(16)10-7-4-3-5-8-10/h3-5,7-8,11-13H,2,6,9,16H2,1H3,(H,19,20). The highest BCUT2D eigenvalue weighted by Crippen LogP contribution is 2.34. The van der Waals surface area contributed by atoms with E-state index < -0.39 is 18.1 Å². The van der Waals surface area contributed by atoms with Crippen molar-refractivity contribution >= 4 is 23.6 Å². The first kappa shape index (κ1) is 15.9. The number of amides is 1. The molecule has 2 rings (SSSR count). The van der Waals surface area contributed by atoms with Crippen LogP contribution >= 0.6 is 11.8 Å². The molecular weight excluding hydrogens is 288 g/mol. The molecule has 1 aromatic rings. The van der Waals surface area contributed by atoms with Gasteiger partial charge in [0.25, 0.3) is 0 Å². The first-order valence-corrected chi connectivity index (χ1v) is 8.08. The zero-order valence-electron chi connectivity index (χ0n) is 11.9. The van der Waals surface area contributed by atoms with Crippen LogP contribution in [-0.2, 0) is 9.59 Å². The van der Waals surface area contributed by atoms with Gasteiger partial charge in [0.15, 0.2) is 0 Å². The first-order chi connectivity index (χ1) is 10.1. The average molecular weight is 308 g/mol. The topological polar surface area (TPSA) is 83.6 Å². The Morgan fingerprint density at radius 2 is 2.10 bits per heavy atom. The fourth-order valence-electron chi connectivity index (χ4n) is 2.48. The Bertz CT molecular complexity index is 509. The van der Waals surface area contributed by atoms with Crippen molar-refractivity contribution in [2.24, 2.45) is 5.73 Å². The molecule has 1 aliphatic heterocycles. The summed E-state index contributed by atoms with van der Waals surface area (Å²) < 4.78 is 0. The van der Waals surface area contributed by atoms with Gasteiger partial charge in [0.2, 0.25) is 5.91 Å². The van der Waals surface area contributed by atoms with Gasteiger partial charge in [0.1, 0.15) is 12.1 Å². The Morgan fingerprint density at radius 3 is 2.67 bits per heavy atom. The second-order valence-corrected chi connectivity index (χ2v) is 6.28. The molecule has 1 aromatic carbocycles. The van der Waals surface area contributed by atoms with Gasteiger partial charge >= 0.3 is 5.97 Å². The van der Waals surface area contributed by atoms with E-state index in [9.17, 15) is 14.7 Å². The second-order valence-electron chi connectivity index (χ2n) is 5.06. The third-order valence-corrected chi connectivity index (χ3v) is 4.95. The second kappa shape index (κ2) is 6.95. The van der Waals surface area contributed by atoms with Gasteiger partial charge < -0.3 is 15.7 Å². The van der Waals surface area contributed by atoms with E-state index in [0.717, 1.165) is 12.8 Å². The van der Waals surface area contributed by atoms with Crippen LogP contribution in [-0.4, -0.2) is 39.1 Å². The molecule has 1 aliphatic rings. The summed E-state index contributed by atoms with van der Waals surface area (Å²) in [6.45, 7) is 2.02. The number of carboxylic acids is 1. The Balaban J connectivity index is 2.22. The molecule has 1 saturated heterocycles. The highest BCUT2D eigenvalue weighted by atomic mass is 32.2. The average Bonchev–Trinajstić information content (AvgIpc) is 2.91. The molecule has 114 valence electrons. The molecule has 1 fully saturated rings. The van der Waals surface area contributed by atoms with Crippen LogP contribution in [0.2, 0.25) is 0 Å². The maximum Gasteiger partial charge on any atom is 0.327 e. The number of nitrogens with zero attached hydrogens (tertiary/aromatic N) is 1. The molecule has 3 N–H and O–H groups in total. The summed E-state index contributed by atoms with van der Waals surface area (Å²) in [5.74, 6) is -0.848. The number of carbonyl (C=O) groups is 2. The fourth-order valence-corrected chi connectivity index (χ4v) is 4.00. The zero-order chi connectivity index (χ0) is 15.4.